The Kier molecular flexibility index (Phi) is 5.54. The van der Waals surface area contributed by atoms with E-state index in [0.717, 1.165) is 18.4 Å². The van der Waals surface area contributed by atoms with Gasteiger partial charge in [-0.25, -0.2) is 4.68 Å². The largest absolute Gasteiger partial charge is 0.394 e. The van der Waals surface area contributed by atoms with Gasteiger partial charge in [0.1, 0.15) is 24.4 Å². The topological polar surface area (TPSA) is 122 Å². The summed E-state index contributed by atoms with van der Waals surface area (Å²) in [7, 11) is 0. The second-order valence-corrected chi connectivity index (χ2v) is 7.84. The van der Waals surface area contributed by atoms with Crippen molar-refractivity contribution in [2.24, 2.45) is 0 Å². The highest BCUT2D eigenvalue weighted by Gasteiger charge is 2.47. The highest BCUT2D eigenvalue weighted by molar-refractivity contribution is 7.71. The number of hydrogen-bond donors (Lipinski definition) is 4. The van der Waals surface area contributed by atoms with Crippen LogP contribution < -0.4 is 5.32 Å². The van der Waals surface area contributed by atoms with Crippen molar-refractivity contribution in [3.63, 3.8) is 0 Å². The average Bonchev–Trinajstić information content (AvgIpc) is 3.49. The molecule has 2 aliphatic rings. The van der Waals surface area contributed by atoms with Crippen molar-refractivity contribution < 1.29 is 24.9 Å². The Morgan fingerprint density at radius 3 is 2.55 bits per heavy atom. The van der Waals surface area contributed by atoms with Crippen LogP contribution in [0.2, 0.25) is 0 Å². The molecule has 0 unspecified atom stereocenters. The van der Waals surface area contributed by atoms with E-state index in [-0.39, 0.29) is 6.04 Å². The van der Waals surface area contributed by atoms with Crippen molar-refractivity contribution in [2.75, 3.05) is 6.61 Å². The molecule has 1 aliphatic heterocycles. The number of nitrogens with one attached hydrogen (secondary N) is 1. The summed E-state index contributed by atoms with van der Waals surface area (Å²) in [5.74, 6) is 0.276. The second kappa shape index (κ2) is 7.96. The molecule has 10 heteroatoms. The van der Waals surface area contributed by atoms with E-state index in [2.05, 4.69) is 10.4 Å². The summed E-state index contributed by atoms with van der Waals surface area (Å²) in [6.07, 6.45) is -2.76. The maximum atomic E-state index is 11.7. The van der Waals surface area contributed by atoms with Crippen LogP contribution in [0.25, 0.3) is 11.4 Å². The Balaban J connectivity index is 1.81. The molecule has 2 aromatic rings. The van der Waals surface area contributed by atoms with Gasteiger partial charge in [0.15, 0.2) is 12.1 Å². The van der Waals surface area contributed by atoms with E-state index in [0.29, 0.717) is 10.6 Å². The maximum Gasteiger partial charge on any atom is 0.217 e. The predicted octanol–water partition coefficient (Wildman–Crippen LogP) is 0.532. The monoisotopic (exact) mass is 420 g/mol. The van der Waals surface area contributed by atoms with E-state index in [4.69, 9.17) is 17.0 Å². The summed E-state index contributed by atoms with van der Waals surface area (Å²) in [5, 5.41) is 37.7. The third-order valence-corrected chi connectivity index (χ3v) is 5.67. The van der Waals surface area contributed by atoms with Crippen molar-refractivity contribution in [2.45, 2.75) is 56.4 Å². The highest BCUT2D eigenvalue weighted by atomic mass is 32.1. The molecule has 4 rings (SSSR count). The third-order valence-electron chi connectivity index (χ3n) is 5.29. The predicted molar refractivity (Wildman–Crippen MR) is 105 cm³/mol. The molecule has 1 aliphatic carbocycles. The molecule has 5 atom stereocenters. The number of aliphatic hydroxyl groups excluding tert-OH is 3. The summed E-state index contributed by atoms with van der Waals surface area (Å²) >= 11 is 5.68. The van der Waals surface area contributed by atoms with Crippen LogP contribution in [0.4, 0.5) is 0 Å². The van der Waals surface area contributed by atoms with Gasteiger partial charge in [-0.15, -0.1) is 5.10 Å². The van der Waals surface area contributed by atoms with Crippen molar-refractivity contribution in [3.05, 3.63) is 35.1 Å². The third kappa shape index (κ3) is 3.74. The molecule has 2 heterocycles. The van der Waals surface area contributed by atoms with Gasteiger partial charge in [0.25, 0.3) is 0 Å². The second-order valence-electron chi connectivity index (χ2n) is 7.47. The summed E-state index contributed by atoms with van der Waals surface area (Å²) in [6, 6.07) is 8.85. The van der Waals surface area contributed by atoms with Gasteiger partial charge in [-0.2, -0.15) is 0 Å². The fourth-order valence-corrected chi connectivity index (χ4v) is 4.08. The molecule has 156 valence electrons. The van der Waals surface area contributed by atoms with E-state index < -0.39 is 43.1 Å². The van der Waals surface area contributed by atoms with E-state index in [1.807, 2.05) is 34.9 Å². The van der Waals surface area contributed by atoms with Crippen LogP contribution in [0.1, 0.15) is 32.0 Å². The minimum Gasteiger partial charge on any atom is -0.394 e. The van der Waals surface area contributed by atoms with Crippen LogP contribution >= 0.6 is 12.2 Å². The molecular formula is C19H24N4O5S. The van der Waals surface area contributed by atoms with E-state index >= 15 is 0 Å². The molecule has 0 radical (unpaired) electrons. The van der Waals surface area contributed by atoms with Crippen molar-refractivity contribution >= 4 is 18.1 Å². The Bertz CT molecular complexity index is 942. The first-order valence-electron chi connectivity index (χ1n) is 9.58. The molecule has 9 nitrogen and oxygen atoms in total. The molecule has 4 N–H and O–H groups in total. The number of rotatable bonds is 5. The number of aromatic nitrogens is 3. The summed E-state index contributed by atoms with van der Waals surface area (Å²) < 4.78 is 9.66. The van der Waals surface area contributed by atoms with Crippen LogP contribution in [-0.4, -0.2) is 66.5 Å². The first kappa shape index (κ1) is 20.2. The number of amides is 1. The maximum absolute atomic E-state index is 11.7. The lowest BCUT2D eigenvalue weighted by Gasteiger charge is -2.42. The number of carbonyl (C=O) groups excluding carboxylic acids is 1. The minimum absolute atomic E-state index is 0.235. The van der Waals surface area contributed by atoms with E-state index in [1.165, 1.54) is 11.6 Å². The Labute approximate surface area is 172 Å². The van der Waals surface area contributed by atoms with Gasteiger partial charge >= 0.3 is 0 Å². The SMILES string of the molecule is CC(=O)N[C@H]1[C@H](O)[C@H](O)[C@H](CO)O[C@@H]1n1nc(-c2ccccc2)n(C2CC2)c1=S. The Morgan fingerprint density at radius 2 is 1.97 bits per heavy atom. The minimum atomic E-state index is -1.36. The van der Waals surface area contributed by atoms with Gasteiger partial charge in [-0.3, -0.25) is 9.36 Å². The van der Waals surface area contributed by atoms with Gasteiger partial charge in [-0.05, 0) is 25.1 Å². The number of benzene rings is 1. The molecule has 1 saturated carbocycles. The molecular weight excluding hydrogens is 396 g/mol. The fraction of sp³-hybridized carbons (Fsp3) is 0.526. The van der Waals surface area contributed by atoms with Crippen LogP contribution in [0, 0.1) is 4.77 Å². The summed E-state index contributed by atoms with van der Waals surface area (Å²) in [5.41, 5.74) is 0.885. The highest BCUT2D eigenvalue weighted by Crippen LogP contribution is 2.39. The van der Waals surface area contributed by atoms with Crippen LogP contribution in [0.15, 0.2) is 30.3 Å². The molecule has 2 fully saturated rings. The van der Waals surface area contributed by atoms with Gasteiger partial charge in [0.05, 0.1) is 6.61 Å². The average molecular weight is 420 g/mol. The standard InChI is InChI=1S/C19H24N4O5S/c1-10(25)20-14-16(27)15(26)13(9-24)28-18(14)23-19(29)22(12-7-8-12)17(21-23)11-5-3-2-4-6-11/h2-6,12-16,18,24,26-27H,7-9H2,1H3,(H,20,25)/t13-,14-,15+,16-,18-/m0/s1. The van der Waals surface area contributed by atoms with Gasteiger partial charge in [-0.1, -0.05) is 30.3 Å². The zero-order valence-electron chi connectivity index (χ0n) is 15.9. The molecule has 29 heavy (non-hydrogen) atoms. The number of aliphatic hydroxyl groups is 3. The van der Waals surface area contributed by atoms with Crippen molar-refractivity contribution in [1.82, 2.24) is 19.7 Å². The Morgan fingerprint density at radius 1 is 1.28 bits per heavy atom. The summed E-state index contributed by atoms with van der Waals surface area (Å²) in [6.45, 7) is 0.815. The normalized spacial score (nSPS) is 29.6. The molecule has 0 bridgehead atoms. The molecule has 1 saturated heterocycles. The number of carbonyl (C=O) groups is 1. The quantitative estimate of drug-likeness (QED) is 0.521. The number of nitrogens with zero attached hydrogens (tertiary/aromatic N) is 3. The zero-order valence-corrected chi connectivity index (χ0v) is 16.7. The molecule has 1 aromatic heterocycles. The van der Waals surface area contributed by atoms with Crippen LogP contribution in [0.3, 0.4) is 0 Å². The lowest BCUT2D eigenvalue weighted by atomic mass is 9.96. The zero-order chi connectivity index (χ0) is 20.7. The van der Waals surface area contributed by atoms with Crippen molar-refractivity contribution in [1.29, 1.82) is 0 Å². The number of hydrogen-bond acceptors (Lipinski definition) is 7. The lowest BCUT2D eigenvalue weighted by Crippen LogP contribution is -2.62. The van der Waals surface area contributed by atoms with Gasteiger partial charge in [0, 0.05) is 18.5 Å². The molecule has 1 aromatic carbocycles. The van der Waals surface area contributed by atoms with E-state index in [1.54, 1.807) is 0 Å². The smallest absolute Gasteiger partial charge is 0.217 e. The lowest BCUT2D eigenvalue weighted by molar-refractivity contribution is -0.219. The van der Waals surface area contributed by atoms with Crippen LogP contribution in [-0.2, 0) is 9.53 Å². The first-order chi connectivity index (χ1) is 13.9. The van der Waals surface area contributed by atoms with Crippen LogP contribution in [0.5, 0.6) is 0 Å². The van der Waals surface area contributed by atoms with Gasteiger partial charge in [0.2, 0.25) is 10.7 Å². The number of ether oxygens (including phenoxy) is 1. The Hall–Kier alpha value is -2.11. The molecule has 0 spiro atoms. The van der Waals surface area contributed by atoms with E-state index in [9.17, 15) is 20.1 Å². The molecule has 1 amide bonds. The first-order valence-corrected chi connectivity index (χ1v) is 9.99. The fourth-order valence-electron chi connectivity index (χ4n) is 3.70. The van der Waals surface area contributed by atoms with Gasteiger partial charge < -0.3 is 25.4 Å². The van der Waals surface area contributed by atoms with Crippen molar-refractivity contribution in [3.8, 4) is 11.4 Å². The summed E-state index contributed by atoms with van der Waals surface area (Å²) in [4.78, 5) is 11.7.